The second-order valence-electron chi connectivity index (χ2n) is 5.35. The van der Waals surface area contributed by atoms with Crippen LogP contribution >= 0.6 is 0 Å². The first-order valence-corrected chi connectivity index (χ1v) is 7.35. The number of rotatable bonds is 4. The maximum Gasteiger partial charge on any atom is 0.259 e. The Bertz CT molecular complexity index is 939. The average Bonchev–Trinajstić information content (AvgIpc) is 2.90. The Morgan fingerprint density at radius 3 is 2.60 bits per heavy atom. The van der Waals surface area contributed by atoms with Crippen LogP contribution in [-0.4, -0.2) is 20.9 Å². The molecule has 0 atom stereocenters. The highest BCUT2D eigenvalue weighted by atomic mass is 19.1. The molecule has 0 aliphatic heterocycles. The van der Waals surface area contributed by atoms with Crippen LogP contribution in [0.5, 0.6) is 0 Å². The molecule has 25 heavy (non-hydrogen) atoms. The van der Waals surface area contributed by atoms with Gasteiger partial charge in [-0.1, -0.05) is 23.4 Å². The second-order valence-corrected chi connectivity index (χ2v) is 5.35. The van der Waals surface area contributed by atoms with E-state index in [9.17, 15) is 18.0 Å². The molecular formula is C17H13F3N4O. The summed E-state index contributed by atoms with van der Waals surface area (Å²) in [7, 11) is 0. The molecule has 0 aliphatic carbocycles. The third-order valence-electron chi connectivity index (χ3n) is 3.67. The van der Waals surface area contributed by atoms with E-state index in [0.717, 1.165) is 12.1 Å². The summed E-state index contributed by atoms with van der Waals surface area (Å²) >= 11 is 0. The van der Waals surface area contributed by atoms with Gasteiger partial charge in [-0.15, -0.1) is 5.10 Å². The van der Waals surface area contributed by atoms with Crippen LogP contribution in [0.3, 0.4) is 0 Å². The molecule has 3 rings (SSSR count). The highest BCUT2D eigenvalue weighted by Crippen LogP contribution is 2.16. The summed E-state index contributed by atoms with van der Waals surface area (Å²) in [6.45, 7) is 1.77. The van der Waals surface area contributed by atoms with E-state index in [1.165, 1.54) is 10.7 Å². The number of hydrogen-bond donors (Lipinski definition) is 1. The maximum atomic E-state index is 13.7. The molecule has 128 valence electrons. The van der Waals surface area contributed by atoms with E-state index < -0.39 is 17.5 Å². The predicted octanol–water partition coefficient (Wildman–Crippen LogP) is 3.30. The Hall–Kier alpha value is -3.16. The van der Waals surface area contributed by atoms with Gasteiger partial charge in [-0.2, -0.15) is 0 Å². The van der Waals surface area contributed by atoms with Crippen molar-refractivity contribution >= 4 is 11.7 Å². The third-order valence-corrected chi connectivity index (χ3v) is 3.67. The van der Waals surface area contributed by atoms with Crippen LogP contribution in [0.25, 0.3) is 0 Å². The van der Waals surface area contributed by atoms with Crippen LogP contribution in [0.15, 0.2) is 42.5 Å². The number of carbonyl (C=O) groups is 1. The van der Waals surface area contributed by atoms with Crippen LogP contribution in [-0.2, 0) is 6.54 Å². The molecule has 0 saturated carbocycles. The highest BCUT2D eigenvalue weighted by molar-refractivity contribution is 6.04. The number of halogens is 3. The van der Waals surface area contributed by atoms with Crippen molar-refractivity contribution in [2.75, 3.05) is 5.32 Å². The van der Waals surface area contributed by atoms with Crippen LogP contribution in [0.1, 0.15) is 21.6 Å². The Balaban J connectivity index is 1.79. The second kappa shape index (κ2) is 6.76. The Morgan fingerprint density at radius 1 is 1.12 bits per heavy atom. The molecule has 1 amide bonds. The number of nitrogens with one attached hydrogen (secondary N) is 1. The van der Waals surface area contributed by atoms with E-state index in [1.807, 2.05) is 0 Å². The number of amides is 1. The summed E-state index contributed by atoms with van der Waals surface area (Å²) < 4.78 is 41.7. The molecule has 0 bridgehead atoms. The van der Waals surface area contributed by atoms with E-state index in [1.54, 1.807) is 25.1 Å². The van der Waals surface area contributed by atoms with Crippen molar-refractivity contribution in [2.45, 2.75) is 13.5 Å². The standard InChI is InChI=1S/C17H13F3N4O/c1-10-16(21-17(25)13-7-6-12(18)8-15(13)20)22-23-24(10)9-11-4-2-3-5-14(11)19/h2-8H,9H2,1H3,(H,21,25). The molecular weight excluding hydrogens is 333 g/mol. The molecule has 8 heteroatoms. The fraction of sp³-hybridized carbons (Fsp3) is 0.118. The van der Waals surface area contributed by atoms with E-state index in [2.05, 4.69) is 15.6 Å². The summed E-state index contributed by atoms with van der Waals surface area (Å²) in [5.41, 5.74) is 0.571. The Kier molecular flexibility index (Phi) is 4.51. The smallest absolute Gasteiger partial charge is 0.259 e. The Labute approximate surface area is 141 Å². The van der Waals surface area contributed by atoms with Gasteiger partial charge in [0, 0.05) is 11.6 Å². The minimum Gasteiger partial charge on any atom is -0.303 e. The normalized spacial score (nSPS) is 10.7. The summed E-state index contributed by atoms with van der Waals surface area (Å²) in [5.74, 6) is -2.80. The minimum atomic E-state index is -0.978. The maximum absolute atomic E-state index is 13.7. The van der Waals surface area contributed by atoms with Crippen molar-refractivity contribution < 1.29 is 18.0 Å². The fourth-order valence-corrected chi connectivity index (χ4v) is 2.26. The highest BCUT2D eigenvalue weighted by Gasteiger charge is 2.17. The fourth-order valence-electron chi connectivity index (χ4n) is 2.26. The van der Waals surface area contributed by atoms with E-state index >= 15 is 0 Å². The van der Waals surface area contributed by atoms with Gasteiger partial charge in [-0.25, -0.2) is 17.9 Å². The monoisotopic (exact) mass is 346 g/mol. The van der Waals surface area contributed by atoms with Gasteiger partial charge in [0.2, 0.25) is 0 Å². The lowest BCUT2D eigenvalue weighted by Gasteiger charge is -2.06. The molecule has 0 unspecified atom stereocenters. The SMILES string of the molecule is Cc1c(NC(=O)c2ccc(F)cc2F)nnn1Cc1ccccc1F. The summed E-state index contributed by atoms with van der Waals surface area (Å²) in [4.78, 5) is 12.1. The quantitative estimate of drug-likeness (QED) is 0.788. The molecule has 1 heterocycles. The topological polar surface area (TPSA) is 59.8 Å². The zero-order valence-electron chi connectivity index (χ0n) is 13.1. The van der Waals surface area contributed by atoms with Gasteiger partial charge in [0.25, 0.3) is 5.91 Å². The van der Waals surface area contributed by atoms with Gasteiger partial charge < -0.3 is 5.32 Å². The van der Waals surface area contributed by atoms with Crippen molar-refractivity contribution in [3.05, 3.63) is 76.7 Å². The van der Waals surface area contributed by atoms with Crippen molar-refractivity contribution in [3.8, 4) is 0 Å². The first-order valence-electron chi connectivity index (χ1n) is 7.35. The molecule has 0 radical (unpaired) electrons. The van der Waals surface area contributed by atoms with E-state index in [0.29, 0.717) is 17.3 Å². The van der Waals surface area contributed by atoms with Crippen molar-refractivity contribution in [2.24, 2.45) is 0 Å². The van der Waals surface area contributed by atoms with Crippen molar-refractivity contribution in [3.63, 3.8) is 0 Å². The van der Waals surface area contributed by atoms with Gasteiger partial charge in [0.05, 0.1) is 17.8 Å². The molecule has 0 saturated heterocycles. The minimum absolute atomic E-state index is 0.116. The first-order chi connectivity index (χ1) is 12.0. The average molecular weight is 346 g/mol. The zero-order valence-corrected chi connectivity index (χ0v) is 13.1. The Morgan fingerprint density at radius 2 is 1.88 bits per heavy atom. The van der Waals surface area contributed by atoms with E-state index in [4.69, 9.17) is 0 Å². The van der Waals surface area contributed by atoms with Gasteiger partial charge in [0.15, 0.2) is 5.82 Å². The van der Waals surface area contributed by atoms with E-state index in [-0.39, 0.29) is 23.7 Å². The number of carbonyl (C=O) groups excluding carboxylic acids is 1. The lowest BCUT2D eigenvalue weighted by atomic mass is 10.2. The van der Waals surface area contributed by atoms with Gasteiger partial charge in [-0.3, -0.25) is 4.79 Å². The summed E-state index contributed by atoms with van der Waals surface area (Å²) in [5, 5.41) is 10.1. The summed E-state index contributed by atoms with van der Waals surface area (Å²) in [6.07, 6.45) is 0. The number of anilines is 1. The molecule has 1 aromatic heterocycles. The van der Waals surface area contributed by atoms with Gasteiger partial charge >= 0.3 is 0 Å². The van der Waals surface area contributed by atoms with Crippen molar-refractivity contribution in [1.82, 2.24) is 15.0 Å². The molecule has 1 N–H and O–H groups in total. The number of nitrogens with zero attached hydrogens (tertiary/aromatic N) is 3. The first kappa shape index (κ1) is 16.7. The van der Waals surface area contributed by atoms with Crippen LogP contribution in [0.4, 0.5) is 19.0 Å². The van der Waals surface area contributed by atoms with Gasteiger partial charge in [-0.05, 0) is 25.1 Å². The molecule has 0 aliphatic rings. The lowest BCUT2D eigenvalue weighted by molar-refractivity contribution is 0.102. The van der Waals surface area contributed by atoms with Crippen molar-refractivity contribution in [1.29, 1.82) is 0 Å². The van der Waals surface area contributed by atoms with Crippen LogP contribution < -0.4 is 5.32 Å². The molecule has 2 aromatic carbocycles. The molecule has 5 nitrogen and oxygen atoms in total. The largest absolute Gasteiger partial charge is 0.303 e. The predicted molar refractivity (Wildman–Crippen MR) is 84.6 cm³/mol. The van der Waals surface area contributed by atoms with Crippen LogP contribution in [0.2, 0.25) is 0 Å². The number of aromatic nitrogens is 3. The lowest BCUT2D eigenvalue weighted by Crippen LogP contribution is -2.15. The number of hydrogen-bond acceptors (Lipinski definition) is 3. The molecule has 0 fully saturated rings. The van der Waals surface area contributed by atoms with Crippen LogP contribution in [0, 0.1) is 24.4 Å². The molecule has 0 spiro atoms. The summed E-state index contributed by atoms with van der Waals surface area (Å²) in [6, 6.07) is 8.88. The molecule has 3 aromatic rings. The zero-order chi connectivity index (χ0) is 18.0. The van der Waals surface area contributed by atoms with Gasteiger partial charge in [0.1, 0.15) is 17.5 Å². The third kappa shape index (κ3) is 3.52. The number of benzene rings is 2.